The molecule has 0 fully saturated rings. The summed E-state index contributed by atoms with van der Waals surface area (Å²) in [6.07, 6.45) is -0.0737. The monoisotopic (exact) mass is 480 g/mol. The Morgan fingerprint density at radius 2 is 1.88 bits per heavy atom. The van der Waals surface area contributed by atoms with Gasteiger partial charge in [0.2, 0.25) is 0 Å². The largest absolute Gasteiger partial charge is 0.454 e. The summed E-state index contributed by atoms with van der Waals surface area (Å²) < 4.78 is 10.6. The van der Waals surface area contributed by atoms with Gasteiger partial charge in [-0.2, -0.15) is 0 Å². The van der Waals surface area contributed by atoms with Crippen LogP contribution in [-0.2, 0) is 20.7 Å². The van der Waals surface area contributed by atoms with Crippen LogP contribution >= 0.6 is 11.6 Å². The summed E-state index contributed by atoms with van der Waals surface area (Å²) in [5.74, 6) is -1.90. The summed E-state index contributed by atoms with van der Waals surface area (Å²) in [7, 11) is 0. The molecular formula is C24H17ClN2O7. The Bertz CT molecular complexity index is 1290. The van der Waals surface area contributed by atoms with Crippen LogP contribution in [0.5, 0.6) is 0 Å². The second kappa shape index (κ2) is 9.72. The maximum absolute atomic E-state index is 12.5. The van der Waals surface area contributed by atoms with E-state index in [0.29, 0.717) is 17.5 Å². The molecule has 0 unspecified atom stereocenters. The van der Waals surface area contributed by atoms with E-state index in [1.54, 1.807) is 6.07 Å². The predicted molar refractivity (Wildman–Crippen MR) is 122 cm³/mol. The lowest BCUT2D eigenvalue weighted by molar-refractivity contribution is -0.384. The highest BCUT2D eigenvalue weighted by Crippen LogP contribution is 2.31. The molecule has 3 aromatic rings. The molecular weight excluding hydrogens is 464 g/mol. The summed E-state index contributed by atoms with van der Waals surface area (Å²) in [5.41, 5.74) is 1.96. The molecule has 4 rings (SSSR count). The minimum Gasteiger partial charge on any atom is -0.454 e. The molecule has 1 amide bonds. The first-order valence-corrected chi connectivity index (χ1v) is 10.5. The van der Waals surface area contributed by atoms with Gasteiger partial charge in [0.1, 0.15) is 6.10 Å². The van der Waals surface area contributed by atoms with E-state index in [1.807, 2.05) is 30.3 Å². The number of amides is 1. The summed E-state index contributed by atoms with van der Waals surface area (Å²) in [4.78, 5) is 47.2. The number of rotatable bonds is 6. The number of anilines is 1. The van der Waals surface area contributed by atoms with Gasteiger partial charge < -0.3 is 14.8 Å². The first-order valence-electron chi connectivity index (χ1n) is 10.1. The molecule has 172 valence electrons. The van der Waals surface area contributed by atoms with E-state index in [0.717, 1.165) is 11.6 Å². The van der Waals surface area contributed by atoms with Crippen LogP contribution in [-0.4, -0.2) is 29.4 Å². The second-order valence-electron chi connectivity index (χ2n) is 7.43. The van der Waals surface area contributed by atoms with E-state index in [4.69, 9.17) is 21.1 Å². The molecule has 0 bridgehead atoms. The van der Waals surface area contributed by atoms with Gasteiger partial charge in [-0.3, -0.25) is 14.9 Å². The van der Waals surface area contributed by atoms with Gasteiger partial charge in [-0.25, -0.2) is 9.59 Å². The van der Waals surface area contributed by atoms with Gasteiger partial charge in [-0.05, 0) is 35.4 Å². The van der Waals surface area contributed by atoms with Crippen molar-refractivity contribution in [3.8, 4) is 0 Å². The number of fused-ring (bicyclic) bond motifs is 1. The Balaban J connectivity index is 1.40. The number of benzene rings is 3. The van der Waals surface area contributed by atoms with Crippen molar-refractivity contribution in [2.24, 2.45) is 0 Å². The van der Waals surface area contributed by atoms with E-state index in [2.05, 4.69) is 5.32 Å². The minimum absolute atomic E-state index is 0.0246. The summed E-state index contributed by atoms with van der Waals surface area (Å²) in [5, 5.41) is 13.2. The fourth-order valence-electron chi connectivity index (χ4n) is 3.50. The molecule has 1 aliphatic rings. The predicted octanol–water partition coefficient (Wildman–Crippen LogP) is 4.50. The molecule has 0 radical (unpaired) electrons. The number of nitrogens with zero attached hydrogens (tertiary/aromatic N) is 1. The van der Waals surface area contributed by atoms with E-state index < -0.39 is 35.5 Å². The van der Waals surface area contributed by atoms with Crippen LogP contribution < -0.4 is 5.32 Å². The molecule has 0 aromatic heterocycles. The standard InChI is InChI=1S/C24H17ClN2O7/c25-19-12-17(27(31)32)7-9-20(19)26-22(28)13-33-23(29)15-6-8-18-16(10-15)11-21(34-24(18)30)14-4-2-1-3-5-14/h1-10,12,21H,11,13H2,(H,26,28)/t21-/m1/s1. The summed E-state index contributed by atoms with van der Waals surface area (Å²) >= 11 is 5.95. The van der Waals surface area contributed by atoms with Crippen LogP contribution in [0.3, 0.4) is 0 Å². The molecule has 9 nitrogen and oxygen atoms in total. The van der Waals surface area contributed by atoms with Crippen molar-refractivity contribution in [2.75, 3.05) is 11.9 Å². The Morgan fingerprint density at radius 3 is 2.59 bits per heavy atom. The smallest absolute Gasteiger partial charge is 0.339 e. The Labute approximate surface area is 198 Å². The molecule has 0 spiro atoms. The van der Waals surface area contributed by atoms with E-state index in [1.165, 1.54) is 24.3 Å². The van der Waals surface area contributed by atoms with Gasteiger partial charge in [0.15, 0.2) is 6.61 Å². The highest BCUT2D eigenvalue weighted by atomic mass is 35.5. The van der Waals surface area contributed by atoms with Crippen LogP contribution in [0.2, 0.25) is 5.02 Å². The average Bonchev–Trinajstić information content (AvgIpc) is 2.83. The highest BCUT2D eigenvalue weighted by Gasteiger charge is 2.28. The molecule has 10 heteroatoms. The average molecular weight is 481 g/mol. The van der Waals surface area contributed by atoms with Crippen LogP contribution in [0.4, 0.5) is 11.4 Å². The van der Waals surface area contributed by atoms with Crippen molar-refractivity contribution in [1.82, 2.24) is 0 Å². The number of esters is 2. The van der Waals surface area contributed by atoms with Gasteiger partial charge in [0, 0.05) is 18.6 Å². The molecule has 1 heterocycles. The molecule has 1 aliphatic heterocycles. The zero-order valence-electron chi connectivity index (χ0n) is 17.5. The minimum atomic E-state index is -0.747. The topological polar surface area (TPSA) is 125 Å². The van der Waals surface area contributed by atoms with Gasteiger partial charge in [-0.1, -0.05) is 41.9 Å². The summed E-state index contributed by atoms with van der Waals surface area (Å²) in [6, 6.07) is 17.3. The van der Waals surface area contributed by atoms with Crippen LogP contribution in [0, 0.1) is 10.1 Å². The first kappa shape index (κ1) is 22.9. The Morgan fingerprint density at radius 1 is 1.12 bits per heavy atom. The fraction of sp³-hybridized carbons (Fsp3) is 0.125. The SMILES string of the molecule is O=C(COC(=O)c1ccc2c(c1)C[C@H](c1ccccc1)OC2=O)Nc1ccc([N+](=O)[O-])cc1Cl. The quantitative estimate of drug-likeness (QED) is 0.313. The lowest BCUT2D eigenvalue weighted by Crippen LogP contribution is -2.23. The number of nitro benzene ring substituents is 1. The number of non-ortho nitro benzene ring substituents is 1. The number of cyclic esters (lactones) is 1. The molecule has 34 heavy (non-hydrogen) atoms. The number of carbonyl (C=O) groups excluding carboxylic acids is 3. The van der Waals surface area contributed by atoms with Gasteiger partial charge in [0.25, 0.3) is 11.6 Å². The third kappa shape index (κ3) is 5.05. The van der Waals surface area contributed by atoms with Crippen molar-refractivity contribution < 1.29 is 28.8 Å². The molecule has 1 N–H and O–H groups in total. The number of nitro groups is 1. The normalized spacial score (nSPS) is 14.5. The number of halogens is 1. The number of hydrogen-bond acceptors (Lipinski definition) is 7. The van der Waals surface area contributed by atoms with Crippen LogP contribution in [0.1, 0.15) is 37.9 Å². The number of hydrogen-bond donors (Lipinski definition) is 1. The third-order valence-corrected chi connectivity index (χ3v) is 5.47. The zero-order chi connectivity index (χ0) is 24.2. The number of ether oxygens (including phenoxy) is 2. The molecule has 3 aromatic carbocycles. The zero-order valence-corrected chi connectivity index (χ0v) is 18.3. The highest BCUT2D eigenvalue weighted by molar-refractivity contribution is 6.34. The second-order valence-corrected chi connectivity index (χ2v) is 7.83. The number of nitrogens with one attached hydrogen (secondary N) is 1. The lowest BCUT2D eigenvalue weighted by atomic mass is 9.93. The fourth-order valence-corrected chi connectivity index (χ4v) is 3.72. The summed E-state index contributed by atoms with van der Waals surface area (Å²) in [6.45, 7) is -0.599. The van der Waals surface area contributed by atoms with Crippen molar-refractivity contribution in [2.45, 2.75) is 12.5 Å². The van der Waals surface area contributed by atoms with Gasteiger partial charge >= 0.3 is 11.9 Å². The molecule has 1 atom stereocenters. The third-order valence-electron chi connectivity index (χ3n) is 5.16. The van der Waals surface area contributed by atoms with Crippen molar-refractivity contribution in [3.63, 3.8) is 0 Å². The molecule has 0 saturated heterocycles. The molecule has 0 saturated carbocycles. The Hall–Kier alpha value is -4.24. The van der Waals surface area contributed by atoms with Crippen molar-refractivity contribution in [1.29, 1.82) is 0 Å². The van der Waals surface area contributed by atoms with Crippen LogP contribution in [0.15, 0.2) is 66.7 Å². The van der Waals surface area contributed by atoms with Crippen LogP contribution in [0.25, 0.3) is 0 Å². The maximum atomic E-state index is 12.5. The Kier molecular flexibility index (Phi) is 6.55. The molecule has 0 aliphatic carbocycles. The number of carbonyl (C=O) groups is 3. The van der Waals surface area contributed by atoms with Crippen molar-refractivity contribution in [3.05, 3.63) is 104 Å². The lowest BCUT2D eigenvalue weighted by Gasteiger charge is -2.25. The van der Waals surface area contributed by atoms with Gasteiger partial charge in [0.05, 0.1) is 26.8 Å². The van der Waals surface area contributed by atoms with E-state index >= 15 is 0 Å². The van der Waals surface area contributed by atoms with Gasteiger partial charge in [-0.15, -0.1) is 0 Å². The first-order chi connectivity index (χ1) is 16.3. The van der Waals surface area contributed by atoms with Crippen molar-refractivity contribution >= 4 is 40.8 Å². The maximum Gasteiger partial charge on any atom is 0.339 e. The van der Waals surface area contributed by atoms with E-state index in [-0.39, 0.29) is 22.0 Å². The van der Waals surface area contributed by atoms with E-state index in [9.17, 15) is 24.5 Å².